The predicted octanol–water partition coefficient (Wildman–Crippen LogP) is 2.36. The number of allylic oxidation sites excluding steroid dienone is 1. The van der Waals surface area contributed by atoms with Crippen molar-refractivity contribution < 1.29 is 4.74 Å². The Bertz CT molecular complexity index is 88.9. The van der Waals surface area contributed by atoms with Crippen molar-refractivity contribution in [2.24, 2.45) is 0 Å². The van der Waals surface area contributed by atoms with E-state index in [9.17, 15) is 0 Å². The Morgan fingerprint density at radius 1 is 1.67 bits per heavy atom. The largest absolute Gasteiger partial charge is 0.380 e. The zero-order valence-corrected chi connectivity index (χ0v) is 7.57. The summed E-state index contributed by atoms with van der Waals surface area (Å²) in [7, 11) is 1.71. The second-order valence-electron chi connectivity index (χ2n) is 1.96. The minimum Gasteiger partial charge on any atom is -0.380 e. The average molecular weight is 193 g/mol. The number of hydrogen-bond donors (Lipinski definition) is 0. The van der Waals surface area contributed by atoms with Crippen LogP contribution in [0.3, 0.4) is 0 Å². The van der Waals surface area contributed by atoms with Crippen LogP contribution in [-0.4, -0.2) is 19.0 Å². The molecule has 0 fully saturated rings. The van der Waals surface area contributed by atoms with Gasteiger partial charge in [0.05, 0.1) is 6.61 Å². The minimum atomic E-state index is 0.757. The van der Waals surface area contributed by atoms with Gasteiger partial charge >= 0.3 is 0 Å². The Balaban J connectivity index is 3.30. The van der Waals surface area contributed by atoms with E-state index >= 15 is 0 Å². The van der Waals surface area contributed by atoms with E-state index in [1.54, 1.807) is 7.11 Å². The van der Waals surface area contributed by atoms with Gasteiger partial charge in [-0.05, 0) is 13.3 Å². The molecule has 0 radical (unpaired) electrons. The first kappa shape index (κ1) is 9.18. The second kappa shape index (κ2) is 6.30. The predicted molar refractivity (Wildman–Crippen MR) is 44.0 cm³/mol. The first-order valence-electron chi connectivity index (χ1n) is 3.01. The van der Waals surface area contributed by atoms with Crippen molar-refractivity contribution in [2.45, 2.75) is 13.3 Å². The van der Waals surface area contributed by atoms with Gasteiger partial charge in [0.25, 0.3) is 0 Å². The SMILES string of the molecule is COCC(C)=CCCBr. The van der Waals surface area contributed by atoms with Gasteiger partial charge in [0, 0.05) is 12.4 Å². The van der Waals surface area contributed by atoms with Gasteiger partial charge in [-0.15, -0.1) is 0 Å². The summed E-state index contributed by atoms with van der Waals surface area (Å²) in [6.45, 7) is 2.83. The Morgan fingerprint density at radius 3 is 2.78 bits per heavy atom. The maximum atomic E-state index is 4.92. The van der Waals surface area contributed by atoms with E-state index in [2.05, 4.69) is 28.9 Å². The molecule has 0 amide bonds. The van der Waals surface area contributed by atoms with Crippen molar-refractivity contribution in [3.63, 3.8) is 0 Å². The van der Waals surface area contributed by atoms with Gasteiger partial charge in [0.15, 0.2) is 0 Å². The quantitative estimate of drug-likeness (QED) is 0.492. The molecule has 0 saturated heterocycles. The molecule has 0 rings (SSSR count). The second-order valence-corrected chi connectivity index (χ2v) is 2.75. The highest BCUT2D eigenvalue weighted by Crippen LogP contribution is 1.97. The van der Waals surface area contributed by atoms with Gasteiger partial charge in [-0.1, -0.05) is 27.6 Å². The summed E-state index contributed by atoms with van der Waals surface area (Å²) in [4.78, 5) is 0. The van der Waals surface area contributed by atoms with Crippen LogP contribution >= 0.6 is 15.9 Å². The van der Waals surface area contributed by atoms with Crippen LogP contribution in [0.25, 0.3) is 0 Å². The van der Waals surface area contributed by atoms with Crippen LogP contribution in [0.15, 0.2) is 11.6 Å². The zero-order chi connectivity index (χ0) is 7.11. The van der Waals surface area contributed by atoms with E-state index in [1.807, 2.05) is 0 Å². The van der Waals surface area contributed by atoms with Crippen LogP contribution in [-0.2, 0) is 4.74 Å². The summed E-state index contributed by atoms with van der Waals surface area (Å²) in [6.07, 6.45) is 3.27. The molecule has 0 aromatic carbocycles. The Labute approximate surface area is 65.2 Å². The maximum absolute atomic E-state index is 4.92. The normalized spacial score (nSPS) is 12.1. The number of halogens is 1. The number of hydrogen-bond acceptors (Lipinski definition) is 1. The third-order valence-electron chi connectivity index (χ3n) is 0.974. The molecule has 0 heterocycles. The molecule has 54 valence electrons. The molecule has 9 heavy (non-hydrogen) atoms. The van der Waals surface area contributed by atoms with Crippen molar-refractivity contribution >= 4 is 15.9 Å². The summed E-state index contributed by atoms with van der Waals surface area (Å²) in [6, 6.07) is 0. The van der Waals surface area contributed by atoms with E-state index < -0.39 is 0 Å². The summed E-state index contributed by atoms with van der Waals surface area (Å²) >= 11 is 3.34. The Kier molecular flexibility index (Phi) is 6.43. The molecule has 0 aromatic heterocycles. The fourth-order valence-electron chi connectivity index (χ4n) is 0.588. The van der Waals surface area contributed by atoms with E-state index in [1.165, 1.54) is 5.57 Å². The van der Waals surface area contributed by atoms with E-state index in [0.717, 1.165) is 18.4 Å². The third-order valence-corrected chi connectivity index (χ3v) is 1.43. The molecule has 0 atom stereocenters. The lowest BCUT2D eigenvalue weighted by molar-refractivity contribution is 0.225. The van der Waals surface area contributed by atoms with Gasteiger partial charge in [-0.3, -0.25) is 0 Å². The van der Waals surface area contributed by atoms with Crippen molar-refractivity contribution in [3.8, 4) is 0 Å². The van der Waals surface area contributed by atoms with Crippen molar-refractivity contribution in [1.82, 2.24) is 0 Å². The number of rotatable bonds is 4. The van der Waals surface area contributed by atoms with Crippen LogP contribution in [0.1, 0.15) is 13.3 Å². The van der Waals surface area contributed by atoms with Crippen molar-refractivity contribution in [1.29, 1.82) is 0 Å². The third kappa shape index (κ3) is 6.06. The van der Waals surface area contributed by atoms with Crippen LogP contribution in [0.4, 0.5) is 0 Å². The highest BCUT2D eigenvalue weighted by atomic mass is 79.9. The first-order valence-corrected chi connectivity index (χ1v) is 4.14. The number of ether oxygens (including phenoxy) is 1. The monoisotopic (exact) mass is 192 g/mol. The fraction of sp³-hybridized carbons (Fsp3) is 0.714. The lowest BCUT2D eigenvalue weighted by Gasteiger charge is -1.96. The lowest BCUT2D eigenvalue weighted by Crippen LogP contribution is -1.89. The topological polar surface area (TPSA) is 9.23 Å². The molecule has 2 heteroatoms. The van der Waals surface area contributed by atoms with E-state index in [-0.39, 0.29) is 0 Å². The standard InChI is InChI=1S/C7H13BrO/c1-7(6-9-2)4-3-5-8/h4H,3,5-6H2,1-2H3. The maximum Gasteiger partial charge on any atom is 0.0670 e. The van der Waals surface area contributed by atoms with E-state index in [4.69, 9.17) is 4.74 Å². The zero-order valence-electron chi connectivity index (χ0n) is 5.98. The Hall–Kier alpha value is 0.180. The van der Waals surface area contributed by atoms with E-state index in [0.29, 0.717) is 0 Å². The Morgan fingerprint density at radius 2 is 2.33 bits per heavy atom. The van der Waals surface area contributed by atoms with Crippen molar-refractivity contribution in [3.05, 3.63) is 11.6 Å². The minimum absolute atomic E-state index is 0.757. The molecule has 0 aliphatic heterocycles. The smallest absolute Gasteiger partial charge is 0.0670 e. The lowest BCUT2D eigenvalue weighted by atomic mass is 10.3. The molecular formula is C7H13BrO. The average Bonchev–Trinajstić information content (AvgIpc) is 1.85. The highest BCUT2D eigenvalue weighted by molar-refractivity contribution is 9.09. The van der Waals surface area contributed by atoms with Crippen LogP contribution in [0.2, 0.25) is 0 Å². The fourth-order valence-corrected chi connectivity index (χ4v) is 0.816. The van der Waals surface area contributed by atoms with Gasteiger partial charge in [-0.2, -0.15) is 0 Å². The van der Waals surface area contributed by atoms with Gasteiger partial charge in [0.1, 0.15) is 0 Å². The number of alkyl halides is 1. The van der Waals surface area contributed by atoms with Gasteiger partial charge in [0.2, 0.25) is 0 Å². The summed E-state index contributed by atoms with van der Waals surface area (Å²) in [5.74, 6) is 0. The molecular weight excluding hydrogens is 180 g/mol. The molecule has 1 nitrogen and oxygen atoms in total. The van der Waals surface area contributed by atoms with Gasteiger partial charge in [-0.25, -0.2) is 0 Å². The van der Waals surface area contributed by atoms with Gasteiger partial charge < -0.3 is 4.74 Å². The van der Waals surface area contributed by atoms with Crippen molar-refractivity contribution in [2.75, 3.05) is 19.0 Å². The first-order chi connectivity index (χ1) is 4.31. The molecule has 0 saturated carbocycles. The highest BCUT2D eigenvalue weighted by Gasteiger charge is 1.84. The van der Waals surface area contributed by atoms with Crippen LogP contribution in [0.5, 0.6) is 0 Å². The molecule has 0 aromatic rings. The van der Waals surface area contributed by atoms with Crippen LogP contribution < -0.4 is 0 Å². The molecule has 0 N–H and O–H groups in total. The summed E-state index contributed by atoms with van der Waals surface area (Å²) in [5, 5.41) is 1.04. The van der Waals surface area contributed by atoms with Crippen LogP contribution in [0, 0.1) is 0 Å². The summed E-state index contributed by atoms with van der Waals surface area (Å²) in [5.41, 5.74) is 1.30. The number of methoxy groups -OCH3 is 1. The molecule has 0 aliphatic rings. The molecule has 0 aliphatic carbocycles. The molecule has 0 spiro atoms. The molecule has 0 unspecified atom stereocenters. The summed E-state index contributed by atoms with van der Waals surface area (Å²) < 4.78 is 4.92. The molecule has 0 bridgehead atoms.